The number of hydrogen-bond donors (Lipinski definition) is 2. The molecular weight excluding hydrogens is 534 g/mol. The molecule has 4 heterocycles. The molecule has 3 aliphatic heterocycles. The second-order valence-corrected chi connectivity index (χ2v) is 18.2. The lowest BCUT2D eigenvalue weighted by molar-refractivity contribution is -0.148. The fourth-order valence-corrected chi connectivity index (χ4v) is 6.53. The molecule has 13 nitrogen and oxygen atoms in total. The first kappa shape index (κ1) is 30.0. The van der Waals surface area contributed by atoms with E-state index in [2.05, 4.69) is 35.3 Å². The lowest BCUT2D eigenvalue weighted by atomic mass is 10.1. The standard InChI is InChI=1S/C26H43N7O6Si/c1-16(34)30-11-10-17-8-9-19(33(17)23(36)18(12-30)27-25(38)39-26(2,3)4)24(37)31-13-20(21(35)14-31)32-15-22(28-29-32)40(5,6)7/h15,17-21,35H,8-14H2,1-7H3,(H,27,38)/t17-,18+,19+,20-,21-/m1/s1. The van der Waals surface area contributed by atoms with Crippen molar-refractivity contribution in [2.45, 2.75) is 102 Å². The van der Waals surface area contributed by atoms with Crippen LogP contribution in [0.4, 0.5) is 4.79 Å². The third-order valence-corrected chi connectivity index (χ3v) is 9.57. The molecule has 4 amide bonds. The van der Waals surface area contributed by atoms with E-state index < -0.39 is 49.9 Å². The molecule has 3 saturated heterocycles. The van der Waals surface area contributed by atoms with E-state index in [-0.39, 0.29) is 37.5 Å². The van der Waals surface area contributed by atoms with Crippen molar-refractivity contribution in [3.05, 3.63) is 6.20 Å². The summed E-state index contributed by atoms with van der Waals surface area (Å²) in [5.74, 6) is -0.835. The molecule has 0 radical (unpaired) electrons. The van der Waals surface area contributed by atoms with Gasteiger partial charge < -0.3 is 29.9 Å². The van der Waals surface area contributed by atoms with Gasteiger partial charge in [0.25, 0.3) is 0 Å². The van der Waals surface area contributed by atoms with Crippen LogP contribution in [0.3, 0.4) is 0 Å². The summed E-state index contributed by atoms with van der Waals surface area (Å²) in [6, 6.07) is -2.44. The van der Waals surface area contributed by atoms with E-state index in [1.807, 2.05) is 6.20 Å². The summed E-state index contributed by atoms with van der Waals surface area (Å²) in [7, 11) is -1.69. The second-order valence-electron chi connectivity index (χ2n) is 13.2. The molecule has 0 spiro atoms. The summed E-state index contributed by atoms with van der Waals surface area (Å²) < 4.78 is 7.03. The number of carbonyl (C=O) groups is 4. The molecule has 3 aliphatic rings. The van der Waals surface area contributed by atoms with Crippen molar-refractivity contribution in [2.75, 3.05) is 26.2 Å². The van der Waals surface area contributed by atoms with E-state index in [4.69, 9.17) is 4.74 Å². The smallest absolute Gasteiger partial charge is 0.408 e. The van der Waals surface area contributed by atoms with Crippen molar-refractivity contribution >= 4 is 37.2 Å². The molecule has 1 aromatic rings. The van der Waals surface area contributed by atoms with Gasteiger partial charge in [0, 0.05) is 38.8 Å². The number of β-amino-alcohol motifs (C(OH)–C–C–N with tert-alkyl or cyclic N) is 1. The van der Waals surface area contributed by atoms with Gasteiger partial charge >= 0.3 is 6.09 Å². The van der Waals surface area contributed by atoms with Crippen LogP contribution in [0.15, 0.2) is 6.20 Å². The van der Waals surface area contributed by atoms with Crippen LogP contribution in [0.5, 0.6) is 0 Å². The van der Waals surface area contributed by atoms with Gasteiger partial charge in [-0.05, 0) is 40.0 Å². The average Bonchev–Trinajstić information content (AvgIpc) is 3.55. The third kappa shape index (κ3) is 6.48. The molecule has 40 heavy (non-hydrogen) atoms. The van der Waals surface area contributed by atoms with Crippen LogP contribution in [0.25, 0.3) is 0 Å². The zero-order chi connectivity index (χ0) is 29.6. The predicted octanol–water partition coefficient (Wildman–Crippen LogP) is 0.0726. The maximum atomic E-state index is 13.9. The SMILES string of the molecule is CC(=O)N1CC[C@H]2CC[C@@H](C(=O)N3C[C@@H](O)[C@H](n4cc([Si](C)(C)C)nn4)C3)N2C(=O)[C@@H](NC(=O)OC(C)(C)C)C1. The number of alkyl carbamates (subject to hydrolysis) is 1. The van der Waals surface area contributed by atoms with Crippen LogP contribution < -0.4 is 10.6 Å². The van der Waals surface area contributed by atoms with E-state index in [0.717, 1.165) is 5.32 Å². The predicted molar refractivity (Wildman–Crippen MR) is 148 cm³/mol. The van der Waals surface area contributed by atoms with E-state index >= 15 is 0 Å². The summed E-state index contributed by atoms with van der Waals surface area (Å²) in [5, 5.41) is 23.0. The minimum Gasteiger partial charge on any atom is -0.444 e. The highest BCUT2D eigenvalue weighted by Gasteiger charge is 2.48. The van der Waals surface area contributed by atoms with Gasteiger partial charge in [-0.1, -0.05) is 24.9 Å². The first-order chi connectivity index (χ1) is 18.5. The van der Waals surface area contributed by atoms with Crippen LogP contribution in [-0.2, 0) is 19.1 Å². The van der Waals surface area contributed by atoms with Crippen LogP contribution in [0.2, 0.25) is 19.6 Å². The van der Waals surface area contributed by atoms with E-state index in [1.54, 1.807) is 40.2 Å². The molecule has 222 valence electrons. The van der Waals surface area contributed by atoms with Crippen LogP contribution in [-0.4, -0.2) is 123 Å². The fraction of sp³-hybridized carbons (Fsp3) is 0.769. The Morgan fingerprint density at radius 1 is 1.07 bits per heavy atom. The first-order valence-corrected chi connectivity index (χ1v) is 17.5. The summed E-state index contributed by atoms with van der Waals surface area (Å²) in [5.41, 5.74) is -0.767. The second kappa shape index (κ2) is 11.1. The summed E-state index contributed by atoms with van der Waals surface area (Å²) in [4.78, 5) is 57.4. The van der Waals surface area contributed by atoms with Gasteiger partial charge in [0.15, 0.2) is 0 Å². The van der Waals surface area contributed by atoms with Gasteiger partial charge in [-0.2, -0.15) is 0 Å². The van der Waals surface area contributed by atoms with Crippen LogP contribution >= 0.6 is 0 Å². The molecule has 0 saturated carbocycles. The Morgan fingerprint density at radius 2 is 1.77 bits per heavy atom. The number of aliphatic hydroxyl groups excluding tert-OH is 1. The summed E-state index contributed by atoms with van der Waals surface area (Å²) >= 11 is 0. The number of ether oxygens (including phenoxy) is 1. The number of fused-ring (bicyclic) bond motifs is 1. The highest BCUT2D eigenvalue weighted by Crippen LogP contribution is 2.32. The van der Waals surface area contributed by atoms with Crippen molar-refractivity contribution < 1.29 is 29.0 Å². The van der Waals surface area contributed by atoms with Gasteiger partial charge in [-0.15, -0.1) is 5.10 Å². The number of nitrogens with zero attached hydrogens (tertiary/aromatic N) is 6. The summed E-state index contributed by atoms with van der Waals surface area (Å²) in [6.07, 6.45) is 1.91. The maximum absolute atomic E-state index is 13.9. The van der Waals surface area contributed by atoms with Crippen molar-refractivity contribution in [3.8, 4) is 0 Å². The molecule has 0 aromatic carbocycles. The Balaban J connectivity index is 1.52. The molecule has 0 bridgehead atoms. The Labute approximate surface area is 236 Å². The van der Waals surface area contributed by atoms with Gasteiger partial charge in [0.05, 0.1) is 24.0 Å². The van der Waals surface area contributed by atoms with Crippen molar-refractivity contribution in [1.82, 2.24) is 35.0 Å². The van der Waals surface area contributed by atoms with Gasteiger partial charge in [0.2, 0.25) is 17.7 Å². The molecule has 3 fully saturated rings. The molecule has 1 aromatic heterocycles. The molecule has 4 rings (SSSR count). The Morgan fingerprint density at radius 3 is 2.38 bits per heavy atom. The highest BCUT2D eigenvalue weighted by molar-refractivity contribution is 6.88. The number of aromatic nitrogens is 3. The Hall–Kier alpha value is -3.00. The number of nitrogens with one attached hydrogen (secondary N) is 1. The Kier molecular flexibility index (Phi) is 8.32. The first-order valence-electron chi connectivity index (χ1n) is 14.0. The lowest BCUT2D eigenvalue weighted by Gasteiger charge is -2.39. The number of rotatable bonds is 4. The number of hydrogen-bond acceptors (Lipinski definition) is 8. The van der Waals surface area contributed by atoms with Crippen molar-refractivity contribution in [2.24, 2.45) is 0 Å². The van der Waals surface area contributed by atoms with Crippen LogP contribution in [0.1, 0.15) is 53.0 Å². The van der Waals surface area contributed by atoms with Gasteiger partial charge in [0.1, 0.15) is 25.8 Å². The van der Waals surface area contributed by atoms with E-state index in [0.29, 0.717) is 25.8 Å². The fourth-order valence-electron chi connectivity index (χ4n) is 5.66. The lowest BCUT2D eigenvalue weighted by Crippen LogP contribution is -2.61. The number of likely N-dealkylation sites (tertiary alicyclic amines) is 1. The highest BCUT2D eigenvalue weighted by atomic mass is 28.3. The van der Waals surface area contributed by atoms with Crippen molar-refractivity contribution in [1.29, 1.82) is 0 Å². The Bertz CT molecular complexity index is 1150. The average molecular weight is 578 g/mol. The minimum atomic E-state index is -1.69. The number of carbonyl (C=O) groups excluding carboxylic acids is 4. The van der Waals surface area contributed by atoms with Gasteiger partial charge in [-0.25, -0.2) is 9.48 Å². The quantitative estimate of drug-likeness (QED) is 0.478. The zero-order valence-electron chi connectivity index (χ0n) is 24.6. The zero-order valence-corrected chi connectivity index (χ0v) is 25.6. The topological polar surface area (TPSA) is 150 Å². The summed E-state index contributed by atoms with van der Waals surface area (Å²) in [6.45, 7) is 13.9. The van der Waals surface area contributed by atoms with Crippen LogP contribution in [0, 0.1) is 0 Å². The molecule has 0 unspecified atom stereocenters. The van der Waals surface area contributed by atoms with Gasteiger partial charge in [-0.3, -0.25) is 14.4 Å². The largest absolute Gasteiger partial charge is 0.444 e. The molecule has 5 atom stereocenters. The number of aliphatic hydroxyl groups is 1. The molecular formula is C26H43N7O6Si. The van der Waals surface area contributed by atoms with E-state index in [1.165, 1.54) is 6.92 Å². The normalized spacial score (nSPS) is 27.8. The minimum absolute atomic E-state index is 0.00619. The third-order valence-electron chi connectivity index (χ3n) is 7.80. The number of amides is 4. The van der Waals surface area contributed by atoms with Crippen molar-refractivity contribution in [3.63, 3.8) is 0 Å². The molecule has 2 N–H and O–H groups in total. The maximum Gasteiger partial charge on any atom is 0.408 e. The molecule has 0 aliphatic carbocycles. The molecule has 14 heteroatoms. The monoisotopic (exact) mass is 577 g/mol. The van der Waals surface area contributed by atoms with E-state index in [9.17, 15) is 24.3 Å².